The van der Waals surface area contributed by atoms with Crippen molar-refractivity contribution in [1.29, 1.82) is 0 Å². The lowest BCUT2D eigenvalue weighted by molar-refractivity contribution is -0.116. The highest BCUT2D eigenvalue weighted by molar-refractivity contribution is 8.13. The number of nitrogens with one attached hydrogen (secondary N) is 1. The van der Waals surface area contributed by atoms with E-state index in [1.54, 1.807) is 0 Å². The molecule has 0 saturated carbocycles. The van der Waals surface area contributed by atoms with E-state index < -0.39 is 30.0 Å². The second-order valence-electron chi connectivity index (χ2n) is 4.80. The minimum atomic E-state index is -3.82. The zero-order valence-corrected chi connectivity index (χ0v) is 13.3. The molecule has 1 fully saturated rings. The van der Waals surface area contributed by atoms with E-state index in [9.17, 15) is 21.6 Å². The lowest BCUT2D eigenvalue weighted by Crippen LogP contribution is -2.39. The summed E-state index contributed by atoms with van der Waals surface area (Å²) >= 11 is 0. The quantitative estimate of drug-likeness (QED) is 0.832. The van der Waals surface area contributed by atoms with E-state index in [0.717, 1.165) is 0 Å². The number of halogens is 1. The van der Waals surface area contributed by atoms with E-state index in [4.69, 9.17) is 10.7 Å². The highest BCUT2D eigenvalue weighted by Gasteiger charge is 2.34. The van der Waals surface area contributed by atoms with Gasteiger partial charge in [0.15, 0.2) is 9.84 Å². The third-order valence-electron chi connectivity index (χ3n) is 3.27. The van der Waals surface area contributed by atoms with E-state index in [0.29, 0.717) is 24.9 Å². The van der Waals surface area contributed by atoms with Crippen LogP contribution in [0.5, 0.6) is 0 Å². The fourth-order valence-electron chi connectivity index (χ4n) is 2.17. The smallest absolute Gasteiger partial charge is 0.261 e. The topological polar surface area (TPSA) is 97.4 Å². The summed E-state index contributed by atoms with van der Waals surface area (Å²) in [5.74, 6) is -0.565. The molecule has 1 N–H and O–H groups in total. The Morgan fingerprint density at radius 2 is 1.81 bits per heavy atom. The highest BCUT2D eigenvalue weighted by Crippen LogP contribution is 2.22. The van der Waals surface area contributed by atoms with Crippen molar-refractivity contribution >= 4 is 41.2 Å². The van der Waals surface area contributed by atoms with Crippen LogP contribution in [0.3, 0.4) is 0 Å². The van der Waals surface area contributed by atoms with Crippen LogP contribution in [-0.2, 0) is 23.7 Å². The predicted octanol–water partition coefficient (Wildman–Crippen LogP) is 1.52. The lowest BCUT2D eigenvalue weighted by Gasteiger charge is -2.21. The first-order chi connectivity index (χ1) is 9.70. The number of rotatable bonds is 3. The zero-order chi connectivity index (χ0) is 15.7. The first-order valence-electron chi connectivity index (χ1n) is 6.27. The van der Waals surface area contributed by atoms with Gasteiger partial charge in [-0.1, -0.05) is 6.42 Å². The average molecular weight is 352 g/mol. The molecular weight excluding hydrogens is 338 g/mol. The molecule has 1 saturated heterocycles. The summed E-state index contributed by atoms with van der Waals surface area (Å²) in [6.45, 7) is 0. The summed E-state index contributed by atoms with van der Waals surface area (Å²) in [4.78, 5) is 11.9. The van der Waals surface area contributed by atoms with Gasteiger partial charge in [0.1, 0.15) is 5.25 Å². The Balaban J connectivity index is 2.13. The predicted molar refractivity (Wildman–Crippen MR) is 79.5 cm³/mol. The Morgan fingerprint density at radius 3 is 2.33 bits per heavy atom. The number of carbonyl (C=O) groups excluding carboxylic acids is 1. The number of sulfone groups is 1. The van der Waals surface area contributed by atoms with Crippen LogP contribution >= 0.6 is 10.7 Å². The standard InChI is InChI=1S/C12H14ClNO5S2/c13-21(18,19)10-6-4-9(5-7-10)14-12(15)11-3-1-2-8-20(11,16)17/h4-7,11H,1-3,8H2,(H,14,15). The van der Waals surface area contributed by atoms with Gasteiger partial charge in [0.25, 0.3) is 9.05 Å². The molecule has 2 rings (SSSR count). The SMILES string of the molecule is O=C(Nc1ccc(S(=O)(=O)Cl)cc1)C1CCCCS1(=O)=O. The molecule has 1 aromatic carbocycles. The van der Waals surface area contributed by atoms with Crippen molar-refractivity contribution in [2.75, 3.05) is 11.1 Å². The average Bonchev–Trinajstić information content (AvgIpc) is 2.37. The van der Waals surface area contributed by atoms with Gasteiger partial charge in [0, 0.05) is 16.4 Å². The summed E-state index contributed by atoms with van der Waals surface area (Å²) in [5.41, 5.74) is 0.324. The monoisotopic (exact) mass is 351 g/mol. The van der Waals surface area contributed by atoms with Gasteiger partial charge >= 0.3 is 0 Å². The molecule has 0 spiro atoms. The Labute approximate surface area is 127 Å². The summed E-state index contributed by atoms with van der Waals surface area (Å²) < 4.78 is 45.9. The first-order valence-corrected chi connectivity index (χ1v) is 10.3. The number of benzene rings is 1. The molecule has 1 heterocycles. The molecule has 9 heteroatoms. The molecular formula is C12H14ClNO5S2. The maximum Gasteiger partial charge on any atom is 0.261 e. The molecule has 116 valence electrons. The first kappa shape index (κ1) is 16.3. The van der Waals surface area contributed by atoms with E-state index in [2.05, 4.69) is 5.32 Å². The maximum absolute atomic E-state index is 12.0. The van der Waals surface area contributed by atoms with Crippen molar-refractivity contribution in [3.63, 3.8) is 0 Å². The number of hydrogen-bond donors (Lipinski definition) is 1. The van der Waals surface area contributed by atoms with E-state index in [1.165, 1.54) is 24.3 Å². The maximum atomic E-state index is 12.0. The van der Waals surface area contributed by atoms with Crippen LogP contribution < -0.4 is 5.32 Å². The normalized spacial score (nSPS) is 21.7. The Morgan fingerprint density at radius 1 is 1.19 bits per heavy atom. The zero-order valence-electron chi connectivity index (χ0n) is 11.0. The molecule has 1 aromatic rings. The third-order valence-corrected chi connectivity index (χ3v) is 6.82. The van der Waals surface area contributed by atoms with Gasteiger partial charge in [0.05, 0.1) is 10.6 Å². The molecule has 0 aliphatic carbocycles. The van der Waals surface area contributed by atoms with Crippen LogP contribution in [0.2, 0.25) is 0 Å². The van der Waals surface area contributed by atoms with Gasteiger partial charge in [-0.3, -0.25) is 4.79 Å². The molecule has 21 heavy (non-hydrogen) atoms. The Kier molecular flexibility index (Phi) is 4.60. The van der Waals surface area contributed by atoms with Crippen LogP contribution in [0.4, 0.5) is 5.69 Å². The molecule has 6 nitrogen and oxygen atoms in total. The highest BCUT2D eigenvalue weighted by atomic mass is 35.7. The minimum Gasteiger partial charge on any atom is -0.325 e. The molecule has 1 amide bonds. The lowest BCUT2D eigenvalue weighted by atomic mass is 10.2. The molecule has 1 unspecified atom stereocenters. The van der Waals surface area contributed by atoms with Crippen LogP contribution in [0.25, 0.3) is 0 Å². The van der Waals surface area contributed by atoms with Gasteiger partial charge in [-0.05, 0) is 37.1 Å². The van der Waals surface area contributed by atoms with Crippen molar-refractivity contribution in [2.24, 2.45) is 0 Å². The second-order valence-corrected chi connectivity index (χ2v) is 9.67. The van der Waals surface area contributed by atoms with Gasteiger partial charge in [0.2, 0.25) is 5.91 Å². The van der Waals surface area contributed by atoms with E-state index >= 15 is 0 Å². The molecule has 0 bridgehead atoms. The van der Waals surface area contributed by atoms with Crippen molar-refractivity contribution < 1.29 is 21.6 Å². The number of carbonyl (C=O) groups is 1. The summed E-state index contributed by atoms with van der Waals surface area (Å²) in [5, 5.41) is 1.45. The van der Waals surface area contributed by atoms with Crippen molar-refractivity contribution in [3.05, 3.63) is 24.3 Å². The van der Waals surface area contributed by atoms with Crippen LogP contribution in [0.15, 0.2) is 29.2 Å². The van der Waals surface area contributed by atoms with E-state index in [1.807, 2.05) is 0 Å². The Bertz CT molecular complexity index is 740. The van der Waals surface area contributed by atoms with Gasteiger partial charge in [-0.2, -0.15) is 0 Å². The van der Waals surface area contributed by atoms with Crippen LogP contribution in [0.1, 0.15) is 19.3 Å². The summed E-state index contributed by atoms with van der Waals surface area (Å²) in [6.07, 6.45) is 1.58. The summed E-state index contributed by atoms with van der Waals surface area (Å²) in [7, 11) is -2.05. The number of hydrogen-bond acceptors (Lipinski definition) is 5. The molecule has 0 aromatic heterocycles. The van der Waals surface area contributed by atoms with Crippen LogP contribution in [0, 0.1) is 0 Å². The van der Waals surface area contributed by atoms with Gasteiger partial charge in [-0.15, -0.1) is 0 Å². The number of amides is 1. The fraction of sp³-hybridized carbons (Fsp3) is 0.417. The Hall–Kier alpha value is -1.12. The van der Waals surface area contributed by atoms with Gasteiger partial charge < -0.3 is 5.32 Å². The molecule has 1 aliphatic heterocycles. The van der Waals surface area contributed by atoms with E-state index in [-0.39, 0.29) is 10.6 Å². The third kappa shape index (κ3) is 3.96. The van der Waals surface area contributed by atoms with Gasteiger partial charge in [-0.25, -0.2) is 16.8 Å². The number of anilines is 1. The van der Waals surface area contributed by atoms with Crippen molar-refractivity contribution in [2.45, 2.75) is 29.4 Å². The van der Waals surface area contributed by atoms with Crippen molar-refractivity contribution in [1.82, 2.24) is 0 Å². The van der Waals surface area contributed by atoms with Crippen LogP contribution in [-0.4, -0.2) is 33.7 Å². The molecule has 0 radical (unpaired) electrons. The largest absolute Gasteiger partial charge is 0.325 e. The summed E-state index contributed by atoms with van der Waals surface area (Å²) in [6, 6.07) is 5.21. The second kappa shape index (κ2) is 5.94. The molecule has 1 aliphatic rings. The van der Waals surface area contributed by atoms with Crippen molar-refractivity contribution in [3.8, 4) is 0 Å². The minimum absolute atomic E-state index is 0.0223. The molecule has 1 atom stereocenters. The fourth-order valence-corrected chi connectivity index (χ4v) is 4.74.